The maximum Gasteiger partial charge on any atom is 0.230 e. The smallest absolute Gasteiger partial charge is 0.230 e. The van der Waals surface area contributed by atoms with E-state index < -0.39 is 0 Å². The molecule has 1 amide bonds. The summed E-state index contributed by atoms with van der Waals surface area (Å²) in [6.45, 7) is 8.32. The molecule has 1 aromatic heterocycles. The lowest BCUT2D eigenvalue weighted by Crippen LogP contribution is -2.29. The van der Waals surface area contributed by atoms with Gasteiger partial charge in [0.25, 0.3) is 0 Å². The van der Waals surface area contributed by atoms with E-state index in [2.05, 4.69) is 36.4 Å². The predicted molar refractivity (Wildman–Crippen MR) is 90.1 cm³/mol. The van der Waals surface area contributed by atoms with Crippen LogP contribution in [0.5, 0.6) is 0 Å². The van der Waals surface area contributed by atoms with Crippen LogP contribution in [0.4, 0.5) is 0 Å². The van der Waals surface area contributed by atoms with Gasteiger partial charge in [-0.05, 0) is 24.6 Å². The Labute approximate surface area is 135 Å². The molecule has 1 aromatic carbocycles. The lowest BCUT2D eigenvalue weighted by molar-refractivity contribution is -0.119. The summed E-state index contributed by atoms with van der Waals surface area (Å²) < 4.78 is 1.80. The molecule has 0 saturated heterocycles. The van der Waals surface area contributed by atoms with E-state index in [0.29, 0.717) is 5.75 Å². The molecule has 1 N–H and O–H groups in total. The molecule has 0 aliphatic heterocycles. The molecule has 2 rings (SSSR count). The minimum absolute atomic E-state index is 0.0159. The van der Waals surface area contributed by atoms with Crippen LogP contribution in [-0.2, 0) is 4.79 Å². The summed E-state index contributed by atoms with van der Waals surface area (Å²) in [7, 11) is 0. The Morgan fingerprint density at radius 3 is 2.55 bits per heavy atom. The maximum absolute atomic E-state index is 12.0. The van der Waals surface area contributed by atoms with Crippen molar-refractivity contribution in [3.05, 3.63) is 42.2 Å². The fourth-order valence-electron chi connectivity index (χ4n) is 1.91. The predicted octanol–water partition coefficient (Wildman–Crippen LogP) is 2.98. The van der Waals surface area contributed by atoms with Crippen molar-refractivity contribution >= 4 is 17.7 Å². The Bertz CT molecular complexity index is 602. The van der Waals surface area contributed by atoms with Crippen LogP contribution in [0.3, 0.4) is 0 Å². The monoisotopic (exact) mass is 318 g/mol. The van der Waals surface area contributed by atoms with Gasteiger partial charge in [0.05, 0.1) is 29.9 Å². The molecule has 0 fully saturated rings. The van der Waals surface area contributed by atoms with Crippen LogP contribution in [-0.4, -0.2) is 31.4 Å². The highest BCUT2D eigenvalue weighted by atomic mass is 32.2. The highest BCUT2D eigenvalue weighted by Crippen LogP contribution is 2.23. The fraction of sp³-hybridized carbons (Fsp3) is 0.438. The Kier molecular flexibility index (Phi) is 5.24. The summed E-state index contributed by atoms with van der Waals surface area (Å²) in [6.07, 6.45) is 3.44. The van der Waals surface area contributed by atoms with E-state index >= 15 is 0 Å². The molecule has 6 heteroatoms. The lowest BCUT2D eigenvalue weighted by Gasteiger charge is -2.19. The van der Waals surface area contributed by atoms with Crippen LogP contribution in [0.25, 0.3) is 5.69 Å². The van der Waals surface area contributed by atoms with Crippen LogP contribution >= 0.6 is 11.8 Å². The lowest BCUT2D eigenvalue weighted by atomic mass is 10.1. The number of nitrogens with zero attached hydrogens (tertiary/aromatic N) is 3. The van der Waals surface area contributed by atoms with E-state index in [4.69, 9.17) is 0 Å². The molecule has 0 unspecified atom stereocenters. The van der Waals surface area contributed by atoms with Crippen molar-refractivity contribution < 1.29 is 4.79 Å². The number of nitrogens with one attached hydrogen (secondary N) is 1. The second-order valence-corrected chi connectivity index (χ2v) is 7.93. The van der Waals surface area contributed by atoms with Crippen molar-refractivity contribution in [3.63, 3.8) is 0 Å². The van der Waals surface area contributed by atoms with E-state index in [1.807, 2.05) is 31.2 Å². The van der Waals surface area contributed by atoms with Crippen molar-refractivity contribution in [2.45, 2.75) is 38.5 Å². The molecule has 0 aliphatic rings. The van der Waals surface area contributed by atoms with Crippen LogP contribution in [0.2, 0.25) is 0 Å². The number of carbonyl (C=O) groups excluding carboxylic acids is 1. The molecule has 0 radical (unpaired) electrons. The Balaban J connectivity index is 1.92. The Morgan fingerprint density at radius 1 is 1.32 bits per heavy atom. The number of aromatic nitrogens is 3. The van der Waals surface area contributed by atoms with Gasteiger partial charge in [-0.15, -0.1) is 16.9 Å². The van der Waals surface area contributed by atoms with Gasteiger partial charge in [0, 0.05) is 4.75 Å². The number of benzene rings is 1. The first-order valence-corrected chi connectivity index (χ1v) is 8.24. The molecular formula is C16H22N4OS. The molecule has 5 nitrogen and oxygen atoms in total. The van der Waals surface area contributed by atoms with Crippen molar-refractivity contribution in [2.24, 2.45) is 0 Å². The van der Waals surface area contributed by atoms with E-state index in [0.717, 1.165) is 11.3 Å². The fourth-order valence-corrected chi connectivity index (χ4v) is 2.56. The zero-order chi connectivity index (χ0) is 16.2. The summed E-state index contributed by atoms with van der Waals surface area (Å²) in [6, 6.07) is 7.92. The molecule has 1 heterocycles. The van der Waals surface area contributed by atoms with Gasteiger partial charge in [0.2, 0.25) is 5.91 Å². The zero-order valence-electron chi connectivity index (χ0n) is 13.4. The van der Waals surface area contributed by atoms with Crippen molar-refractivity contribution in [3.8, 4) is 5.69 Å². The molecule has 118 valence electrons. The minimum Gasteiger partial charge on any atom is -0.349 e. The average molecular weight is 318 g/mol. The van der Waals surface area contributed by atoms with Crippen molar-refractivity contribution in [1.82, 2.24) is 20.3 Å². The van der Waals surface area contributed by atoms with Crippen molar-refractivity contribution in [2.75, 3.05) is 5.75 Å². The second kappa shape index (κ2) is 6.96. The summed E-state index contributed by atoms with van der Waals surface area (Å²) in [5.41, 5.74) is 2.01. The maximum atomic E-state index is 12.0. The summed E-state index contributed by atoms with van der Waals surface area (Å²) in [5.74, 6) is 0.540. The third-order valence-corrected chi connectivity index (χ3v) is 4.37. The number of amides is 1. The third kappa shape index (κ3) is 4.87. The molecule has 0 bridgehead atoms. The topological polar surface area (TPSA) is 59.8 Å². The molecule has 1 atom stereocenters. The number of rotatable bonds is 5. The average Bonchev–Trinajstić information content (AvgIpc) is 2.99. The summed E-state index contributed by atoms with van der Waals surface area (Å²) in [4.78, 5) is 12.0. The minimum atomic E-state index is -0.0159. The first kappa shape index (κ1) is 16.5. The van der Waals surface area contributed by atoms with Crippen LogP contribution in [0.1, 0.15) is 39.3 Å². The molecule has 0 saturated carbocycles. The zero-order valence-corrected chi connectivity index (χ0v) is 14.2. The highest BCUT2D eigenvalue weighted by Gasteiger charge is 2.15. The molecule has 22 heavy (non-hydrogen) atoms. The molecule has 0 aliphatic carbocycles. The quantitative estimate of drug-likeness (QED) is 0.921. The molecule has 0 spiro atoms. The summed E-state index contributed by atoms with van der Waals surface area (Å²) in [5, 5.41) is 10.8. The van der Waals surface area contributed by atoms with Crippen molar-refractivity contribution in [1.29, 1.82) is 0 Å². The van der Waals surface area contributed by atoms with Gasteiger partial charge >= 0.3 is 0 Å². The van der Waals surface area contributed by atoms with Gasteiger partial charge in [-0.25, -0.2) is 4.68 Å². The van der Waals surface area contributed by atoms with Gasteiger partial charge in [0.1, 0.15) is 0 Å². The second-order valence-electron chi connectivity index (χ2n) is 6.13. The number of hydrogen-bond acceptors (Lipinski definition) is 4. The molecule has 2 aromatic rings. The third-order valence-electron chi connectivity index (χ3n) is 3.09. The largest absolute Gasteiger partial charge is 0.349 e. The normalized spacial score (nSPS) is 12.9. The Hall–Kier alpha value is -1.82. The summed E-state index contributed by atoms with van der Waals surface area (Å²) >= 11 is 1.65. The van der Waals surface area contributed by atoms with Gasteiger partial charge in [-0.1, -0.05) is 38.1 Å². The van der Waals surface area contributed by atoms with E-state index in [-0.39, 0.29) is 16.7 Å². The number of carbonyl (C=O) groups is 1. The van der Waals surface area contributed by atoms with Crippen LogP contribution in [0, 0.1) is 0 Å². The Morgan fingerprint density at radius 2 is 2.00 bits per heavy atom. The van der Waals surface area contributed by atoms with Gasteiger partial charge < -0.3 is 5.32 Å². The standard InChI is InChI=1S/C16H22N4OS/c1-12(18-15(21)11-22-16(2,3)4)13-5-7-14(8-6-13)20-10-9-17-19-20/h5-10,12H,11H2,1-4H3,(H,18,21)/t12-/m1/s1. The van der Waals surface area contributed by atoms with E-state index in [1.165, 1.54) is 0 Å². The van der Waals surface area contributed by atoms with E-state index in [1.54, 1.807) is 28.8 Å². The van der Waals surface area contributed by atoms with Crippen LogP contribution < -0.4 is 5.32 Å². The van der Waals surface area contributed by atoms with Gasteiger partial charge in [-0.3, -0.25) is 4.79 Å². The highest BCUT2D eigenvalue weighted by molar-refractivity contribution is 8.01. The first-order valence-electron chi connectivity index (χ1n) is 7.25. The first-order chi connectivity index (χ1) is 10.3. The SMILES string of the molecule is C[C@@H](NC(=O)CSC(C)(C)C)c1ccc(-n2ccnn2)cc1. The van der Waals surface area contributed by atoms with Gasteiger partial charge in [0.15, 0.2) is 0 Å². The number of thioether (sulfide) groups is 1. The van der Waals surface area contributed by atoms with Crippen LogP contribution in [0.15, 0.2) is 36.7 Å². The molecular weight excluding hydrogens is 296 g/mol. The number of hydrogen-bond donors (Lipinski definition) is 1. The van der Waals surface area contributed by atoms with E-state index in [9.17, 15) is 4.79 Å². The van der Waals surface area contributed by atoms with Gasteiger partial charge in [-0.2, -0.15) is 0 Å².